The molecule has 1 amide bonds. The molecule has 0 spiro atoms. The molecule has 0 saturated heterocycles. The van der Waals surface area contributed by atoms with Crippen molar-refractivity contribution in [1.29, 1.82) is 0 Å². The van der Waals surface area contributed by atoms with Crippen molar-refractivity contribution >= 4 is 5.91 Å². The summed E-state index contributed by atoms with van der Waals surface area (Å²) in [5, 5.41) is 16.1. The minimum Gasteiger partial charge on any atom is -0.396 e. The molecule has 1 atom stereocenters. The Kier molecular flexibility index (Phi) is 5.04. The van der Waals surface area contributed by atoms with Gasteiger partial charge in [0.15, 0.2) is 0 Å². The van der Waals surface area contributed by atoms with E-state index in [1.54, 1.807) is 0 Å². The third kappa shape index (κ3) is 4.30. The van der Waals surface area contributed by atoms with Gasteiger partial charge >= 0.3 is 0 Å². The van der Waals surface area contributed by atoms with Crippen LogP contribution in [0.1, 0.15) is 44.9 Å². The highest BCUT2D eigenvalue weighted by atomic mass is 16.3. The quantitative estimate of drug-likeness (QED) is 0.869. The molecule has 0 saturated carbocycles. The summed E-state index contributed by atoms with van der Waals surface area (Å²) < 4.78 is 0. The standard InChI is InChI=1S/C16H27N3O2/c1-16(2,3)11-19(7-4-8-20)15(21)12-5-6-13-10-17-18-14(13)9-12/h10,12,20H,4-9,11H2,1-3H3,(H,17,18). The van der Waals surface area contributed by atoms with Crippen molar-refractivity contribution in [2.24, 2.45) is 11.3 Å². The zero-order valence-electron chi connectivity index (χ0n) is 13.4. The number of aromatic amines is 1. The van der Waals surface area contributed by atoms with E-state index in [9.17, 15) is 4.79 Å². The zero-order chi connectivity index (χ0) is 15.5. The van der Waals surface area contributed by atoms with Crippen LogP contribution < -0.4 is 0 Å². The monoisotopic (exact) mass is 293 g/mol. The zero-order valence-corrected chi connectivity index (χ0v) is 13.4. The fourth-order valence-corrected chi connectivity index (χ4v) is 2.98. The van der Waals surface area contributed by atoms with Gasteiger partial charge < -0.3 is 10.0 Å². The lowest BCUT2D eigenvalue weighted by Crippen LogP contribution is -2.43. The van der Waals surface area contributed by atoms with Crippen molar-refractivity contribution in [3.8, 4) is 0 Å². The lowest BCUT2D eigenvalue weighted by molar-refractivity contribution is -0.137. The number of hydrogen-bond donors (Lipinski definition) is 2. The van der Waals surface area contributed by atoms with E-state index in [2.05, 4.69) is 31.0 Å². The summed E-state index contributed by atoms with van der Waals surface area (Å²) in [6, 6.07) is 0. The molecular weight excluding hydrogens is 266 g/mol. The van der Waals surface area contributed by atoms with Gasteiger partial charge in [-0.3, -0.25) is 9.89 Å². The topological polar surface area (TPSA) is 69.2 Å². The first-order valence-corrected chi connectivity index (χ1v) is 7.81. The summed E-state index contributed by atoms with van der Waals surface area (Å²) in [5.74, 6) is 0.262. The van der Waals surface area contributed by atoms with Gasteiger partial charge in [0.05, 0.1) is 6.20 Å². The largest absolute Gasteiger partial charge is 0.396 e. The van der Waals surface area contributed by atoms with E-state index in [1.165, 1.54) is 5.56 Å². The first-order valence-electron chi connectivity index (χ1n) is 7.81. The fraction of sp³-hybridized carbons (Fsp3) is 0.750. The number of amides is 1. The van der Waals surface area contributed by atoms with Crippen LogP contribution in [-0.2, 0) is 17.6 Å². The molecule has 0 aromatic carbocycles. The van der Waals surface area contributed by atoms with E-state index < -0.39 is 0 Å². The Hall–Kier alpha value is -1.36. The van der Waals surface area contributed by atoms with Crippen LogP contribution in [0.15, 0.2) is 6.20 Å². The Morgan fingerprint density at radius 3 is 2.95 bits per heavy atom. The van der Waals surface area contributed by atoms with Gasteiger partial charge in [0.25, 0.3) is 0 Å². The lowest BCUT2D eigenvalue weighted by Gasteiger charge is -2.33. The molecule has 2 rings (SSSR count). The highest BCUT2D eigenvalue weighted by Gasteiger charge is 2.30. The number of hydrogen-bond acceptors (Lipinski definition) is 3. The Balaban J connectivity index is 2.04. The Bertz CT molecular complexity index is 476. The molecule has 1 unspecified atom stereocenters. The van der Waals surface area contributed by atoms with E-state index in [-0.39, 0.29) is 23.8 Å². The van der Waals surface area contributed by atoms with Gasteiger partial charge in [-0.15, -0.1) is 0 Å². The third-order valence-electron chi connectivity index (χ3n) is 3.93. The average Bonchev–Trinajstić information content (AvgIpc) is 2.88. The molecular formula is C16H27N3O2. The summed E-state index contributed by atoms with van der Waals surface area (Å²) in [7, 11) is 0. The number of rotatable bonds is 5. The van der Waals surface area contributed by atoms with Gasteiger partial charge in [-0.25, -0.2) is 0 Å². The molecule has 1 heterocycles. The highest BCUT2D eigenvalue weighted by Crippen LogP contribution is 2.26. The fourth-order valence-electron chi connectivity index (χ4n) is 2.98. The SMILES string of the molecule is CC(C)(C)CN(CCCO)C(=O)C1CCc2cn[nH]c2C1. The van der Waals surface area contributed by atoms with Crippen molar-refractivity contribution in [3.63, 3.8) is 0 Å². The van der Waals surface area contributed by atoms with Crippen LogP contribution in [0, 0.1) is 11.3 Å². The molecule has 0 bridgehead atoms. The molecule has 1 aromatic heterocycles. The number of aryl methyl sites for hydroxylation is 1. The van der Waals surface area contributed by atoms with E-state index >= 15 is 0 Å². The second kappa shape index (κ2) is 6.60. The predicted molar refractivity (Wildman–Crippen MR) is 81.8 cm³/mol. The molecule has 21 heavy (non-hydrogen) atoms. The number of fused-ring (bicyclic) bond motifs is 1. The summed E-state index contributed by atoms with van der Waals surface area (Å²) in [5.41, 5.74) is 2.42. The maximum Gasteiger partial charge on any atom is 0.226 e. The first-order chi connectivity index (χ1) is 9.90. The van der Waals surface area contributed by atoms with Gasteiger partial charge in [0.2, 0.25) is 5.91 Å². The van der Waals surface area contributed by atoms with Crippen molar-refractivity contribution in [2.75, 3.05) is 19.7 Å². The average molecular weight is 293 g/mol. The summed E-state index contributed by atoms with van der Waals surface area (Å²) in [6.45, 7) is 7.92. The van der Waals surface area contributed by atoms with Gasteiger partial charge in [-0.2, -0.15) is 5.10 Å². The summed E-state index contributed by atoms with van der Waals surface area (Å²) in [6.07, 6.45) is 5.09. The van der Waals surface area contributed by atoms with Crippen LogP contribution >= 0.6 is 0 Å². The maximum absolute atomic E-state index is 12.8. The number of H-pyrrole nitrogens is 1. The van der Waals surface area contributed by atoms with Crippen molar-refractivity contribution in [3.05, 3.63) is 17.5 Å². The Labute approximate surface area is 126 Å². The molecule has 5 heteroatoms. The molecule has 5 nitrogen and oxygen atoms in total. The number of aliphatic hydroxyl groups excluding tert-OH is 1. The highest BCUT2D eigenvalue weighted by molar-refractivity contribution is 5.79. The number of aliphatic hydroxyl groups is 1. The Morgan fingerprint density at radius 2 is 2.29 bits per heavy atom. The number of nitrogens with one attached hydrogen (secondary N) is 1. The minimum atomic E-state index is 0.0407. The van der Waals surface area contributed by atoms with Gasteiger partial charge in [0.1, 0.15) is 0 Å². The van der Waals surface area contributed by atoms with Crippen LogP contribution in [-0.4, -0.2) is 45.8 Å². The smallest absolute Gasteiger partial charge is 0.226 e. The summed E-state index contributed by atoms with van der Waals surface area (Å²) in [4.78, 5) is 14.8. The molecule has 118 valence electrons. The van der Waals surface area contributed by atoms with Crippen molar-refractivity contribution < 1.29 is 9.90 Å². The third-order valence-corrected chi connectivity index (χ3v) is 3.93. The summed E-state index contributed by atoms with van der Waals surface area (Å²) >= 11 is 0. The lowest BCUT2D eigenvalue weighted by atomic mass is 9.86. The van der Waals surface area contributed by atoms with Crippen LogP contribution in [0.4, 0.5) is 0 Å². The van der Waals surface area contributed by atoms with Crippen LogP contribution in [0.25, 0.3) is 0 Å². The van der Waals surface area contributed by atoms with E-state index in [4.69, 9.17) is 5.11 Å². The minimum absolute atomic E-state index is 0.0407. The Morgan fingerprint density at radius 1 is 1.52 bits per heavy atom. The van der Waals surface area contributed by atoms with Gasteiger partial charge in [0, 0.05) is 37.7 Å². The van der Waals surface area contributed by atoms with Crippen LogP contribution in [0.5, 0.6) is 0 Å². The van der Waals surface area contributed by atoms with Gasteiger partial charge in [-0.1, -0.05) is 20.8 Å². The molecule has 2 N–H and O–H groups in total. The molecule has 0 aliphatic heterocycles. The predicted octanol–water partition coefficient (Wildman–Crippen LogP) is 1.77. The number of nitrogens with zero attached hydrogens (tertiary/aromatic N) is 2. The molecule has 1 aromatic rings. The number of carbonyl (C=O) groups is 1. The second-order valence-corrected chi connectivity index (χ2v) is 7.21. The van der Waals surface area contributed by atoms with Gasteiger partial charge in [-0.05, 0) is 30.2 Å². The molecule has 0 radical (unpaired) electrons. The first kappa shape index (κ1) is 16.0. The van der Waals surface area contributed by atoms with Crippen LogP contribution in [0.3, 0.4) is 0 Å². The second-order valence-electron chi connectivity index (χ2n) is 7.21. The maximum atomic E-state index is 12.8. The van der Waals surface area contributed by atoms with E-state index in [0.29, 0.717) is 13.0 Å². The van der Waals surface area contributed by atoms with E-state index in [1.807, 2.05) is 11.1 Å². The molecule has 0 fully saturated rings. The van der Waals surface area contributed by atoms with Crippen molar-refractivity contribution in [2.45, 2.75) is 46.5 Å². The van der Waals surface area contributed by atoms with Crippen LogP contribution in [0.2, 0.25) is 0 Å². The number of aromatic nitrogens is 2. The number of carbonyl (C=O) groups excluding carboxylic acids is 1. The van der Waals surface area contributed by atoms with Crippen molar-refractivity contribution in [1.82, 2.24) is 15.1 Å². The normalized spacial score (nSPS) is 18.4. The molecule has 1 aliphatic carbocycles. The molecule has 1 aliphatic rings. The van der Waals surface area contributed by atoms with E-state index in [0.717, 1.165) is 31.5 Å².